The van der Waals surface area contributed by atoms with E-state index in [4.69, 9.17) is 0 Å². The van der Waals surface area contributed by atoms with E-state index in [0.717, 1.165) is 5.92 Å². The Balaban J connectivity index is 2.80. The lowest BCUT2D eigenvalue weighted by Gasteiger charge is -2.29. The van der Waals surface area contributed by atoms with Crippen LogP contribution in [-0.4, -0.2) is 5.11 Å². The van der Waals surface area contributed by atoms with Crippen LogP contribution in [0.2, 0.25) is 0 Å². The van der Waals surface area contributed by atoms with Gasteiger partial charge in [-0.1, -0.05) is 122 Å². The number of phenolic OH excluding ortho intramolecular Hbond substituents is 1. The minimum Gasteiger partial charge on any atom is -0.508 e. The van der Waals surface area contributed by atoms with Gasteiger partial charge in [0.1, 0.15) is 5.75 Å². The molecule has 0 radical (unpaired) electrons. The van der Waals surface area contributed by atoms with Crippen molar-refractivity contribution in [2.24, 2.45) is 5.92 Å². The zero-order valence-electron chi connectivity index (χ0n) is 19.2. The van der Waals surface area contributed by atoms with Gasteiger partial charge in [0.25, 0.3) is 0 Å². The minimum atomic E-state index is 0.521. The number of phenols is 1. The van der Waals surface area contributed by atoms with E-state index in [0.29, 0.717) is 11.7 Å². The van der Waals surface area contributed by atoms with Gasteiger partial charge in [0.05, 0.1) is 0 Å². The van der Waals surface area contributed by atoms with Crippen molar-refractivity contribution in [1.82, 2.24) is 0 Å². The first kappa shape index (κ1) is 25.1. The van der Waals surface area contributed by atoms with Gasteiger partial charge in [0.2, 0.25) is 0 Å². The fourth-order valence-corrected chi connectivity index (χ4v) is 4.63. The first-order chi connectivity index (χ1) is 13.7. The lowest BCUT2D eigenvalue weighted by atomic mass is 9.76. The van der Waals surface area contributed by atoms with E-state index in [1.165, 1.54) is 108 Å². The van der Waals surface area contributed by atoms with Crippen molar-refractivity contribution in [2.45, 2.75) is 129 Å². The topological polar surface area (TPSA) is 20.2 Å². The molecule has 1 heteroatoms. The van der Waals surface area contributed by atoms with Gasteiger partial charge in [-0.05, 0) is 42.7 Å². The molecule has 0 aliphatic heterocycles. The van der Waals surface area contributed by atoms with Crippen LogP contribution in [0.1, 0.15) is 135 Å². The number of para-hydroxylation sites is 1. The van der Waals surface area contributed by atoms with Crippen LogP contribution in [0.5, 0.6) is 5.75 Å². The number of hydrogen-bond donors (Lipinski definition) is 1. The Labute approximate surface area is 176 Å². The molecule has 1 nitrogen and oxygen atoms in total. The average Bonchev–Trinajstić information content (AvgIpc) is 2.71. The summed E-state index contributed by atoms with van der Waals surface area (Å²) in [5, 5.41) is 10.6. The molecule has 0 amide bonds. The van der Waals surface area contributed by atoms with E-state index >= 15 is 0 Å². The van der Waals surface area contributed by atoms with Gasteiger partial charge < -0.3 is 5.11 Å². The fourth-order valence-electron chi connectivity index (χ4n) is 4.63. The van der Waals surface area contributed by atoms with Crippen molar-refractivity contribution in [3.8, 4) is 5.75 Å². The van der Waals surface area contributed by atoms with E-state index < -0.39 is 0 Å². The molecule has 1 aromatic carbocycles. The molecule has 28 heavy (non-hydrogen) atoms. The molecular formula is C27H48O. The summed E-state index contributed by atoms with van der Waals surface area (Å²) < 4.78 is 0. The molecule has 0 aromatic heterocycles. The van der Waals surface area contributed by atoms with Crippen LogP contribution in [0.25, 0.3) is 0 Å². The minimum absolute atomic E-state index is 0.521. The zero-order valence-corrected chi connectivity index (χ0v) is 19.2. The van der Waals surface area contributed by atoms with Crippen LogP contribution < -0.4 is 0 Å². The molecule has 0 heterocycles. The number of aromatic hydroxyl groups is 1. The largest absolute Gasteiger partial charge is 0.508 e. The fraction of sp³-hybridized carbons (Fsp3) is 0.778. The van der Waals surface area contributed by atoms with Gasteiger partial charge in [-0.2, -0.15) is 0 Å². The van der Waals surface area contributed by atoms with Crippen molar-refractivity contribution >= 4 is 0 Å². The molecule has 0 aliphatic rings. The third kappa shape index (κ3) is 10.5. The molecule has 1 rings (SSSR count). The Hall–Kier alpha value is -0.980. The highest BCUT2D eigenvalue weighted by atomic mass is 16.3. The Morgan fingerprint density at radius 1 is 0.607 bits per heavy atom. The summed E-state index contributed by atoms with van der Waals surface area (Å²) in [6, 6.07) is 8.17. The lowest BCUT2D eigenvalue weighted by molar-refractivity contribution is 0.315. The number of benzene rings is 1. The molecular weight excluding hydrogens is 340 g/mol. The summed E-state index contributed by atoms with van der Waals surface area (Å²) in [5.74, 6) is 1.78. The maximum Gasteiger partial charge on any atom is 0.119 e. The highest BCUT2D eigenvalue weighted by molar-refractivity contribution is 5.35. The summed E-state index contributed by atoms with van der Waals surface area (Å²) in [7, 11) is 0. The van der Waals surface area contributed by atoms with Crippen molar-refractivity contribution in [3.63, 3.8) is 0 Å². The van der Waals surface area contributed by atoms with Gasteiger partial charge in [-0.3, -0.25) is 0 Å². The van der Waals surface area contributed by atoms with E-state index in [9.17, 15) is 5.11 Å². The summed E-state index contributed by atoms with van der Waals surface area (Å²) >= 11 is 0. The summed E-state index contributed by atoms with van der Waals surface area (Å²) in [6.45, 7) is 6.88. The van der Waals surface area contributed by atoms with E-state index in [2.05, 4.69) is 32.9 Å². The van der Waals surface area contributed by atoms with E-state index in [1.807, 2.05) is 12.1 Å². The first-order valence-electron chi connectivity index (χ1n) is 12.5. The summed E-state index contributed by atoms with van der Waals surface area (Å²) in [6.07, 6.45) is 21.4. The SMILES string of the molecule is CCCCCCCC(c1ccccc1O)C(CCCCCC)CCCCCC. The van der Waals surface area contributed by atoms with Gasteiger partial charge in [-0.25, -0.2) is 0 Å². The molecule has 0 saturated heterocycles. The molecule has 0 aliphatic carbocycles. The van der Waals surface area contributed by atoms with Crippen molar-refractivity contribution < 1.29 is 5.11 Å². The molecule has 1 unspecified atom stereocenters. The molecule has 0 bridgehead atoms. The Bertz CT molecular complexity index is 455. The standard InChI is InChI=1S/C27H48O/c1-4-7-10-13-16-21-25(26-22-17-18-23-27(26)28)24(19-14-11-8-5-2)20-15-12-9-6-3/h17-18,22-25,28H,4-16,19-21H2,1-3H3. The lowest BCUT2D eigenvalue weighted by Crippen LogP contribution is -2.14. The second-order valence-electron chi connectivity index (χ2n) is 8.83. The quantitative estimate of drug-likeness (QED) is 0.248. The second kappa shape index (κ2) is 16.9. The number of unbranched alkanes of at least 4 members (excludes halogenated alkanes) is 10. The highest BCUT2D eigenvalue weighted by Gasteiger charge is 2.24. The molecule has 1 aromatic rings. The van der Waals surface area contributed by atoms with Crippen LogP contribution >= 0.6 is 0 Å². The average molecular weight is 389 g/mol. The molecule has 0 saturated carbocycles. The number of hydrogen-bond acceptors (Lipinski definition) is 1. The predicted molar refractivity (Wildman–Crippen MR) is 125 cm³/mol. The van der Waals surface area contributed by atoms with Crippen LogP contribution in [0, 0.1) is 5.92 Å². The summed E-state index contributed by atoms with van der Waals surface area (Å²) in [4.78, 5) is 0. The van der Waals surface area contributed by atoms with Crippen LogP contribution in [-0.2, 0) is 0 Å². The Kier molecular flexibility index (Phi) is 15.1. The predicted octanol–water partition coefficient (Wildman–Crippen LogP) is 9.39. The molecule has 1 N–H and O–H groups in total. The van der Waals surface area contributed by atoms with Crippen LogP contribution in [0.15, 0.2) is 24.3 Å². The monoisotopic (exact) mass is 388 g/mol. The van der Waals surface area contributed by atoms with Gasteiger partial charge in [0, 0.05) is 0 Å². The molecule has 162 valence electrons. The summed E-state index contributed by atoms with van der Waals surface area (Å²) in [5.41, 5.74) is 1.22. The molecule has 0 fully saturated rings. The third-order valence-corrected chi connectivity index (χ3v) is 6.38. The van der Waals surface area contributed by atoms with Crippen molar-refractivity contribution in [1.29, 1.82) is 0 Å². The maximum atomic E-state index is 10.6. The zero-order chi connectivity index (χ0) is 20.5. The first-order valence-corrected chi connectivity index (χ1v) is 12.5. The second-order valence-corrected chi connectivity index (χ2v) is 8.83. The van der Waals surface area contributed by atoms with Gasteiger partial charge in [-0.15, -0.1) is 0 Å². The Morgan fingerprint density at radius 2 is 1.07 bits per heavy atom. The smallest absolute Gasteiger partial charge is 0.119 e. The number of rotatable bonds is 18. The van der Waals surface area contributed by atoms with Crippen LogP contribution in [0.3, 0.4) is 0 Å². The molecule has 1 atom stereocenters. The van der Waals surface area contributed by atoms with Crippen molar-refractivity contribution in [2.75, 3.05) is 0 Å². The maximum absolute atomic E-state index is 10.6. The highest BCUT2D eigenvalue weighted by Crippen LogP contribution is 2.40. The van der Waals surface area contributed by atoms with Crippen molar-refractivity contribution in [3.05, 3.63) is 29.8 Å². The Morgan fingerprint density at radius 3 is 1.61 bits per heavy atom. The third-order valence-electron chi connectivity index (χ3n) is 6.38. The van der Waals surface area contributed by atoms with E-state index in [1.54, 1.807) is 0 Å². The van der Waals surface area contributed by atoms with Crippen LogP contribution in [0.4, 0.5) is 0 Å². The normalized spacial score (nSPS) is 12.6. The van der Waals surface area contributed by atoms with Gasteiger partial charge in [0.15, 0.2) is 0 Å². The van der Waals surface area contributed by atoms with E-state index in [-0.39, 0.29) is 0 Å². The molecule has 0 spiro atoms. The van der Waals surface area contributed by atoms with Gasteiger partial charge >= 0.3 is 0 Å².